The smallest absolute Gasteiger partial charge is 0.307 e. The van der Waals surface area contributed by atoms with Crippen molar-refractivity contribution in [3.05, 3.63) is 11.7 Å². The van der Waals surface area contributed by atoms with Crippen molar-refractivity contribution in [3.8, 4) is 0 Å². The molecule has 2 fully saturated rings. The van der Waals surface area contributed by atoms with Gasteiger partial charge in [-0.2, -0.15) is 4.98 Å². The summed E-state index contributed by atoms with van der Waals surface area (Å²) in [5.74, 6) is -0.250. The molecule has 1 aromatic heterocycles. The zero-order valence-corrected chi connectivity index (χ0v) is 15.0. The molecule has 0 radical (unpaired) electrons. The quantitative estimate of drug-likeness (QED) is 0.898. The van der Waals surface area contributed by atoms with E-state index >= 15 is 0 Å². The van der Waals surface area contributed by atoms with E-state index in [9.17, 15) is 14.7 Å². The van der Waals surface area contributed by atoms with Gasteiger partial charge in [0.15, 0.2) is 5.82 Å². The van der Waals surface area contributed by atoms with Gasteiger partial charge in [0.05, 0.1) is 17.8 Å². The minimum atomic E-state index is -0.843. The van der Waals surface area contributed by atoms with Gasteiger partial charge in [-0.1, -0.05) is 31.8 Å². The molecule has 1 saturated carbocycles. The molecule has 0 unspecified atom stereocenters. The lowest BCUT2D eigenvalue weighted by Gasteiger charge is -2.36. The van der Waals surface area contributed by atoms with Gasteiger partial charge in [-0.3, -0.25) is 9.59 Å². The molecule has 1 aromatic rings. The minimum absolute atomic E-state index is 0.0135. The molecule has 2 aliphatic rings. The number of aromatic nitrogens is 2. The second kappa shape index (κ2) is 7.54. The van der Waals surface area contributed by atoms with Gasteiger partial charge in [0, 0.05) is 19.0 Å². The van der Waals surface area contributed by atoms with Crippen molar-refractivity contribution in [2.75, 3.05) is 13.1 Å². The molecule has 0 aromatic carbocycles. The first-order chi connectivity index (χ1) is 12.0. The molecular formula is C18H27N3O4. The second-order valence-corrected chi connectivity index (χ2v) is 7.60. The lowest BCUT2D eigenvalue weighted by atomic mass is 9.78. The normalized spacial score (nSPS) is 27.5. The van der Waals surface area contributed by atoms with Crippen LogP contribution in [0.2, 0.25) is 0 Å². The van der Waals surface area contributed by atoms with Crippen LogP contribution in [0.15, 0.2) is 4.52 Å². The molecule has 0 bridgehead atoms. The third-order valence-corrected chi connectivity index (χ3v) is 5.46. The maximum atomic E-state index is 13.0. The summed E-state index contributed by atoms with van der Waals surface area (Å²) in [5, 5.41) is 13.5. The molecule has 3 rings (SSSR count). The molecule has 1 aliphatic heterocycles. The van der Waals surface area contributed by atoms with Crippen LogP contribution in [0.25, 0.3) is 0 Å². The first kappa shape index (κ1) is 17.9. The Bertz CT molecular complexity index is 628. The van der Waals surface area contributed by atoms with Crippen LogP contribution in [-0.4, -0.2) is 45.1 Å². The van der Waals surface area contributed by atoms with Crippen LogP contribution in [0.3, 0.4) is 0 Å². The van der Waals surface area contributed by atoms with E-state index in [1.165, 1.54) is 0 Å². The number of amides is 1. The zero-order chi connectivity index (χ0) is 18.0. The van der Waals surface area contributed by atoms with Crippen LogP contribution in [0.4, 0.5) is 0 Å². The Kier molecular flexibility index (Phi) is 5.39. The number of rotatable bonds is 4. The van der Waals surface area contributed by atoms with Crippen molar-refractivity contribution in [1.29, 1.82) is 0 Å². The molecular weight excluding hydrogens is 322 g/mol. The van der Waals surface area contributed by atoms with Crippen LogP contribution in [0, 0.1) is 11.8 Å². The summed E-state index contributed by atoms with van der Waals surface area (Å²) in [7, 11) is 0. The third-order valence-electron chi connectivity index (χ3n) is 5.46. The Labute approximate surface area is 147 Å². The zero-order valence-electron chi connectivity index (χ0n) is 15.0. The predicted octanol–water partition coefficient (Wildman–Crippen LogP) is 2.79. The fourth-order valence-corrected chi connectivity index (χ4v) is 3.98. The highest BCUT2D eigenvalue weighted by molar-refractivity contribution is 5.85. The van der Waals surface area contributed by atoms with Crippen molar-refractivity contribution in [3.63, 3.8) is 0 Å². The summed E-state index contributed by atoms with van der Waals surface area (Å²) in [5.41, 5.74) is 0. The van der Waals surface area contributed by atoms with Gasteiger partial charge >= 0.3 is 5.97 Å². The lowest BCUT2D eigenvalue weighted by Crippen LogP contribution is -2.46. The van der Waals surface area contributed by atoms with E-state index in [1.807, 2.05) is 18.7 Å². The van der Waals surface area contributed by atoms with Crippen molar-refractivity contribution in [2.24, 2.45) is 11.8 Å². The Morgan fingerprint density at radius 2 is 1.88 bits per heavy atom. The summed E-state index contributed by atoms with van der Waals surface area (Å²) in [6.07, 6.45) is 4.89. The van der Waals surface area contributed by atoms with Crippen LogP contribution in [0.1, 0.15) is 75.9 Å². The number of carbonyl (C=O) groups excluding carboxylic acids is 1. The monoisotopic (exact) mass is 349 g/mol. The van der Waals surface area contributed by atoms with Crippen molar-refractivity contribution < 1.29 is 19.2 Å². The molecule has 2 heterocycles. The van der Waals surface area contributed by atoms with Crippen LogP contribution < -0.4 is 0 Å². The number of piperidine rings is 1. The molecule has 1 aliphatic carbocycles. The largest absolute Gasteiger partial charge is 0.481 e. The fraction of sp³-hybridized carbons (Fsp3) is 0.778. The van der Waals surface area contributed by atoms with Crippen molar-refractivity contribution in [1.82, 2.24) is 15.0 Å². The average molecular weight is 349 g/mol. The molecule has 7 nitrogen and oxygen atoms in total. The highest BCUT2D eigenvalue weighted by Gasteiger charge is 2.39. The third kappa shape index (κ3) is 3.85. The van der Waals surface area contributed by atoms with E-state index in [0.717, 1.165) is 25.7 Å². The highest BCUT2D eigenvalue weighted by Crippen LogP contribution is 2.34. The fourth-order valence-electron chi connectivity index (χ4n) is 3.98. The summed E-state index contributed by atoms with van der Waals surface area (Å²) >= 11 is 0. The molecule has 7 heteroatoms. The minimum Gasteiger partial charge on any atom is -0.481 e. The van der Waals surface area contributed by atoms with Gasteiger partial charge in [-0.05, 0) is 25.7 Å². The van der Waals surface area contributed by atoms with E-state index in [4.69, 9.17) is 4.52 Å². The molecule has 1 N–H and O–H groups in total. The first-order valence-corrected chi connectivity index (χ1v) is 9.32. The molecule has 0 spiro atoms. The average Bonchev–Trinajstić information content (AvgIpc) is 3.11. The summed E-state index contributed by atoms with van der Waals surface area (Å²) in [6, 6.07) is 0. The van der Waals surface area contributed by atoms with Gasteiger partial charge in [-0.15, -0.1) is 0 Å². The number of carboxylic acids is 1. The second-order valence-electron chi connectivity index (χ2n) is 7.60. The number of carboxylic acid groups (broad SMARTS) is 1. The standard InChI is InChI=1S/C18H27N3O4/c1-11(2)15-19-16(25-20-15)12-6-5-9-21(10-12)17(22)13-7-3-4-8-14(13)18(23)24/h11-14H,3-10H2,1-2H3,(H,23,24)/t12-,13+,14+/m1/s1. The van der Waals surface area contributed by atoms with E-state index in [1.54, 1.807) is 0 Å². The topological polar surface area (TPSA) is 96.5 Å². The van der Waals surface area contributed by atoms with Gasteiger partial charge in [0.1, 0.15) is 0 Å². The Hall–Kier alpha value is -1.92. The predicted molar refractivity (Wildman–Crippen MR) is 90.0 cm³/mol. The molecule has 138 valence electrons. The van der Waals surface area contributed by atoms with Crippen LogP contribution >= 0.6 is 0 Å². The van der Waals surface area contributed by atoms with Crippen LogP contribution in [-0.2, 0) is 9.59 Å². The summed E-state index contributed by atoms with van der Waals surface area (Å²) < 4.78 is 5.41. The maximum absolute atomic E-state index is 13.0. The number of aliphatic carboxylic acids is 1. The molecule has 1 amide bonds. The Morgan fingerprint density at radius 1 is 1.16 bits per heavy atom. The summed E-state index contributed by atoms with van der Waals surface area (Å²) in [4.78, 5) is 30.7. The maximum Gasteiger partial charge on any atom is 0.307 e. The van der Waals surface area contributed by atoms with Crippen LogP contribution in [0.5, 0.6) is 0 Å². The van der Waals surface area contributed by atoms with Gasteiger partial charge in [0.25, 0.3) is 0 Å². The van der Waals surface area contributed by atoms with Gasteiger partial charge in [0.2, 0.25) is 11.8 Å². The van der Waals surface area contributed by atoms with E-state index in [2.05, 4.69) is 10.1 Å². The lowest BCUT2D eigenvalue weighted by molar-refractivity contribution is -0.152. The Balaban J connectivity index is 1.69. The number of hydrogen-bond acceptors (Lipinski definition) is 5. The molecule has 1 saturated heterocycles. The molecule has 25 heavy (non-hydrogen) atoms. The molecule has 3 atom stereocenters. The highest BCUT2D eigenvalue weighted by atomic mass is 16.5. The van der Waals surface area contributed by atoms with Crippen molar-refractivity contribution >= 4 is 11.9 Å². The van der Waals surface area contributed by atoms with Gasteiger partial charge in [-0.25, -0.2) is 0 Å². The SMILES string of the molecule is CC(C)c1noc([C@@H]2CCCN(C(=O)[C@H]3CCCC[C@@H]3C(=O)O)C2)n1. The van der Waals surface area contributed by atoms with E-state index in [0.29, 0.717) is 37.6 Å². The first-order valence-electron chi connectivity index (χ1n) is 9.32. The van der Waals surface area contributed by atoms with E-state index < -0.39 is 11.9 Å². The van der Waals surface area contributed by atoms with E-state index in [-0.39, 0.29) is 23.7 Å². The number of hydrogen-bond donors (Lipinski definition) is 1. The number of likely N-dealkylation sites (tertiary alicyclic amines) is 1. The number of nitrogens with zero attached hydrogens (tertiary/aromatic N) is 3. The number of carbonyl (C=O) groups is 2. The summed E-state index contributed by atoms with van der Waals surface area (Å²) in [6.45, 7) is 5.26. The van der Waals surface area contributed by atoms with Gasteiger partial charge < -0.3 is 14.5 Å². The van der Waals surface area contributed by atoms with Crippen molar-refractivity contribution in [2.45, 2.75) is 64.2 Å². The Morgan fingerprint density at radius 3 is 2.52 bits per heavy atom.